The Morgan fingerprint density at radius 2 is 1.80 bits per heavy atom. The smallest absolute Gasteiger partial charge is 0.225 e. The number of para-hydroxylation sites is 2. The van der Waals surface area contributed by atoms with E-state index in [0.29, 0.717) is 6.54 Å². The third kappa shape index (κ3) is 4.64. The molecule has 0 saturated heterocycles. The van der Waals surface area contributed by atoms with E-state index in [9.17, 15) is 4.79 Å². The van der Waals surface area contributed by atoms with Crippen LogP contribution >= 0.6 is 15.9 Å². The molecule has 176 valence electrons. The predicted octanol–water partition coefficient (Wildman–Crippen LogP) is 6.40. The van der Waals surface area contributed by atoms with Crippen molar-refractivity contribution < 1.29 is 9.21 Å². The van der Waals surface area contributed by atoms with Gasteiger partial charge in [0.2, 0.25) is 5.91 Å². The Bertz CT molecular complexity index is 1470. The minimum atomic E-state index is -0.284. The van der Waals surface area contributed by atoms with Gasteiger partial charge in [-0.1, -0.05) is 46.3 Å². The molecule has 1 amide bonds. The number of pyridine rings is 1. The number of benzene rings is 2. The van der Waals surface area contributed by atoms with E-state index in [4.69, 9.17) is 9.40 Å². The Hall–Kier alpha value is -3.71. The van der Waals surface area contributed by atoms with Crippen LogP contribution < -0.4 is 0 Å². The highest BCUT2D eigenvalue weighted by Gasteiger charge is 2.27. The van der Waals surface area contributed by atoms with Crippen LogP contribution in [-0.2, 0) is 11.3 Å². The van der Waals surface area contributed by atoms with Gasteiger partial charge in [0.05, 0.1) is 36.3 Å². The fraction of sp³-hybridized carbons (Fsp3) is 0.179. The highest BCUT2D eigenvalue weighted by Crippen LogP contribution is 2.36. The summed E-state index contributed by atoms with van der Waals surface area (Å²) in [6, 6.07) is 21.6. The zero-order valence-corrected chi connectivity index (χ0v) is 21.1. The SMILES string of the molecule is Cc1ccoc1CN(C)C(=O)C[C@@H](c1ccccc1Br)n1c(-c2ccncc2)nc2ccccc21. The van der Waals surface area contributed by atoms with Gasteiger partial charge in [-0.25, -0.2) is 4.98 Å². The minimum absolute atomic E-state index is 0.0139. The van der Waals surface area contributed by atoms with Crippen molar-refractivity contribution in [3.63, 3.8) is 0 Å². The van der Waals surface area contributed by atoms with Gasteiger partial charge in [-0.3, -0.25) is 9.78 Å². The first-order chi connectivity index (χ1) is 17.0. The summed E-state index contributed by atoms with van der Waals surface area (Å²) in [6.45, 7) is 2.40. The molecule has 7 heteroatoms. The highest BCUT2D eigenvalue weighted by atomic mass is 79.9. The van der Waals surface area contributed by atoms with Gasteiger partial charge in [-0.15, -0.1) is 0 Å². The first-order valence-corrected chi connectivity index (χ1v) is 12.2. The molecule has 2 aromatic carbocycles. The summed E-state index contributed by atoms with van der Waals surface area (Å²) in [5.41, 5.74) is 4.84. The Labute approximate surface area is 212 Å². The molecular weight excluding hydrogens is 504 g/mol. The van der Waals surface area contributed by atoms with Gasteiger partial charge in [0.25, 0.3) is 0 Å². The van der Waals surface area contributed by atoms with Crippen LogP contribution in [0.15, 0.2) is 94.3 Å². The van der Waals surface area contributed by atoms with Crippen molar-refractivity contribution in [1.29, 1.82) is 0 Å². The topological polar surface area (TPSA) is 64.2 Å². The van der Waals surface area contributed by atoms with Crippen molar-refractivity contribution in [2.45, 2.75) is 25.9 Å². The van der Waals surface area contributed by atoms with Gasteiger partial charge in [-0.05, 0) is 54.4 Å². The Morgan fingerprint density at radius 1 is 1.06 bits per heavy atom. The van der Waals surface area contributed by atoms with Crippen LogP contribution in [0.4, 0.5) is 0 Å². The maximum Gasteiger partial charge on any atom is 0.225 e. The van der Waals surface area contributed by atoms with Crippen LogP contribution in [-0.4, -0.2) is 32.4 Å². The molecule has 0 N–H and O–H groups in total. The average molecular weight is 529 g/mol. The van der Waals surface area contributed by atoms with E-state index < -0.39 is 0 Å². The summed E-state index contributed by atoms with van der Waals surface area (Å²) in [6.07, 6.45) is 5.44. The number of furan rings is 1. The highest BCUT2D eigenvalue weighted by molar-refractivity contribution is 9.10. The summed E-state index contributed by atoms with van der Waals surface area (Å²) in [7, 11) is 1.82. The molecule has 5 rings (SSSR count). The van der Waals surface area contributed by atoms with E-state index in [0.717, 1.165) is 43.8 Å². The molecule has 0 bridgehead atoms. The van der Waals surface area contributed by atoms with Crippen molar-refractivity contribution in [2.24, 2.45) is 0 Å². The average Bonchev–Trinajstić information content (AvgIpc) is 3.46. The van der Waals surface area contributed by atoms with Crippen LogP contribution in [0.1, 0.15) is 29.3 Å². The molecule has 0 aliphatic rings. The normalized spacial score (nSPS) is 12.1. The maximum absolute atomic E-state index is 13.6. The number of imidazole rings is 1. The third-order valence-corrected chi connectivity index (χ3v) is 6.98. The molecule has 0 unspecified atom stereocenters. The van der Waals surface area contributed by atoms with E-state index in [-0.39, 0.29) is 18.4 Å². The summed E-state index contributed by atoms with van der Waals surface area (Å²) >= 11 is 3.73. The van der Waals surface area contributed by atoms with E-state index in [2.05, 4.69) is 37.6 Å². The molecule has 0 radical (unpaired) electrons. The maximum atomic E-state index is 13.6. The van der Waals surface area contributed by atoms with Crippen LogP contribution in [0.5, 0.6) is 0 Å². The third-order valence-electron chi connectivity index (χ3n) is 6.25. The number of amides is 1. The molecule has 35 heavy (non-hydrogen) atoms. The monoisotopic (exact) mass is 528 g/mol. The molecule has 0 aliphatic heterocycles. The van der Waals surface area contributed by atoms with Crippen molar-refractivity contribution >= 4 is 32.9 Å². The van der Waals surface area contributed by atoms with E-state index in [1.165, 1.54) is 0 Å². The number of carbonyl (C=O) groups is 1. The van der Waals surface area contributed by atoms with Gasteiger partial charge in [0.1, 0.15) is 11.6 Å². The largest absolute Gasteiger partial charge is 0.467 e. The number of carbonyl (C=O) groups excluding carboxylic acids is 1. The molecule has 0 saturated carbocycles. The van der Waals surface area contributed by atoms with Crippen LogP contribution in [0.3, 0.4) is 0 Å². The lowest BCUT2D eigenvalue weighted by molar-refractivity contribution is -0.131. The number of nitrogens with zero attached hydrogens (tertiary/aromatic N) is 4. The Morgan fingerprint density at radius 3 is 2.54 bits per heavy atom. The van der Waals surface area contributed by atoms with Crippen LogP contribution in [0.25, 0.3) is 22.4 Å². The van der Waals surface area contributed by atoms with E-state index >= 15 is 0 Å². The number of hydrogen-bond donors (Lipinski definition) is 0. The molecule has 0 fully saturated rings. The van der Waals surface area contributed by atoms with Gasteiger partial charge in [0.15, 0.2) is 0 Å². The molecule has 3 aromatic heterocycles. The molecule has 0 spiro atoms. The minimum Gasteiger partial charge on any atom is -0.467 e. The number of aromatic nitrogens is 3. The zero-order valence-electron chi connectivity index (χ0n) is 19.6. The molecular formula is C28H25BrN4O2. The van der Waals surface area contributed by atoms with Crippen LogP contribution in [0, 0.1) is 6.92 Å². The Balaban J connectivity index is 1.62. The second-order valence-corrected chi connectivity index (χ2v) is 9.40. The lowest BCUT2D eigenvalue weighted by Crippen LogP contribution is -2.29. The quantitative estimate of drug-likeness (QED) is 0.245. The fourth-order valence-electron chi connectivity index (χ4n) is 4.34. The van der Waals surface area contributed by atoms with Crippen molar-refractivity contribution in [1.82, 2.24) is 19.4 Å². The van der Waals surface area contributed by atoms with Crippen LogP contribution in [0.2, 0.25) is 0 Å². The van der Waals surface area contributed by atoms with Gasteiger partial charge in [0, 0.05) is 29.5 Å². The lowest BCUT2D eigenvalue weighted by atomic mass is 10.0. The number of fused-ring (bicyclic) bond motifs is 1. The molecule has 6 nitrogen and oxygen atoms in total. The van der Waals surface area contributed by atoms with Gasteiger partial charge < -0.3 is 13.9 Å². The van der Waals surface area contributed by atoms with Crippen molar-refractivity contribution in [3.05, 3.63) is 107 Å². The summed E-state index contributed by atoms with van der Waals surface area (Å²) < 4.78 is 8.70. The number of rotatable bonds is 7. The first kappa shape index (κ1) is 23.1. The summed E-state index contributed by atoms with van der Waals surface area (Å²) in [4.78, 5) is 24.4. The van der Waals surface area contributed by atoms with E-state index in [1.807, 2.05) is 68.6 Å². The first-order valence-electron chi connectivity index (χ1n) is 11.4. The van der Waals surface area contributed by atoms with Crippen molar-refractivity contribution in [2.75, 3.05) is 7.05 Å². The van der Waals surface area contributed by atoms with Gasteiger partial charge >= 0.3 is 0 Å². The fourth-order valence-corrected chi connectivity index (χ4v) is 4.89. The number of hydrogen-bond acceptors (Lipinski definition) is 4. The summed E-state index contributed by atoms with van der Waals surface area (Å²) in [5.74, 6) is 1.61. The predicted molar refractivity (Wildman–Crippen MR) is 140 cm³/mol. The molecule has 5 aromatic rings. The molecule has 0 aliphatic carbocycles. The number of halogens is 1. The second-order valence-electron chi connectivity index (χ2n) is 8.55. The zero-order chi connectivity index (χ0) is 24.4. The molecule has 1 atom stereocenters. The Kier molecular flexibility index (Phi) is 6.51. The van der Waals surface area contributed by atoms with E-state index in [1.54, 1.807) is 23.6 Å². The molecule has 3 heterocycles. The standard InChI is InChI=1S/C28H25BrN4O2/c1-19-13-16-35-26(19)18-32(2)27(34)17-25(21-7-3-4-8-22(21)29)33-24-10-6-5-9-23(24)31-28(33)20-11-14-30-15-12-20/h3-16,25H,17-18H2,1-2H3/t25-/m0/s1. The summed E-state index contributed by atoms with van der Waals surface area (Å²) in [5, 5.41) is 0. The number of aryl methyl sites for hydroxylation is 1. The lowest BCUT2D eigenvalue weighted by Gasteiger charge is -2.26. The second kappa shape index (κ2) is 9.88. The van der Waals surface area contributed by atoms with Gasteiger partial charge in [-0.2, -0.15) is 0 Å². The van der Waals surface area contributed by atoms with Crippen molar-refractivity contribution in [3.8, 4) is 11.4 Å².